The van der Waals surface area contributed by atoms with Gasteiger partial charge in [-0.1, -0.05) is 25.1 Å². The highest BCUT2D eigenvalue weighted by Gasteiger charge is 2.06. The van der Waals surface area contributed by atoms with Crippen molar-refractivity contribution >= 4 is 10.9 Å². The Labute approximate surface area is 94.0 Å². The molecule has 0 saturated carbocycles. The van der Waals surface area contributed by atoms with E-state index in [-0.39, 0.29) is 5.56 Å². The SMILES string of the molecule is CCC(O)Cn1c(=O)ccc2ccccc21. The maximum absolute atomic E-state index is 11.7. The van der Waals surface area contributed by atoms with Crippen molar-refractivity contribution in [3.63, 3.8) is 0 Å². The minimum atomic E-state index is -0.469. The first-order chi connectivity index (χ1) is 7.72. The number of aromatic nitrogens is 1. The Hall–Kier alpha value is -1.61. The van der Waals surface area contributed by atoms with Crippen molar-refractivity contribution < 1.29 is 5.11 Å². The van der Waals surface area contributed by atoms with Gasteiger partial charge in [-0.2, -0.15) is 0 Å². The van der Waals surface area contributed by atoms with E-state index >= 15 is 0 Å². The third-order valence-electron chi connectivity index (χ3n) is 2.76. The third-order valence-corrected chi connectivity index (χ3v) is 2.76. The summed E-state index contributed by atoms with van der Waals surface area (Å²) in [6, 6.07) is 11.1. The van der Waals surface area contributed by atoms with Crippen molar-refractivity contribution in [2.24, 2.45) is 0 Å². The second-order valence-corrected chi connectivity index (χ2v) is 3.90. The monoisotopic (exact) mass is 217 g/mol. The van der Waals surface area contributed by atoms with Crippen LogP contribution in [-0.4, -0.2) is 15.8 Å². The fraction of sp³-hybridized carbons (Fsp3) is 0.308. The van der Waals surface area contributed by atoms with Crippen LogP contribution in [0.1, 0.15) is 13.3 Å². The van der Waals surface area contributed by atoms with Gasteiger partial charge < -0.3 is 9.67 Å². The quantitative estimate of drug-likeness (QED) is 0.851. The van der Waals surface area contributed by atoms with E-state index in [1.807, 2.05) is 37.3 Å². The van der Waals surface area contributed by atoms with Crippen LogP contribution < -0.4 is 5.56 Å². The van der Waals surface area contributed by atoms with Gasteiger partial charge in [0.05, 0.1) is 18.2 Å². The molecule has 0 aliphatic carbocycles. The van der Waals surface area contributed by atoms with Gasteiger partial charge in [0.1, 0.15) is 0 Å². The number of hydrogen-bond donors (Lipinski definition) is 1. The predicted octanol–water partition coefficient (Wildman–Crippen LogP) is 1.77. The van der Waals surface area contributed by atoms with Gasteiger partial charge in [0, 0.05) is 6.07 Å². The lowest BCUT2D eigenvalue weighted by atomic mass is 10.2. The van der Waals surface area contributed by atoms with E-state index in [4.69, 9.17) is 0 Å². The zero-order chi connectivity index (χ0) is 11.5. The van der Waals surface area contributed by atoms with Crippen molar-refractivity contribution in [3.05, 3.63) is 46.8 Å². The molecule has 1 unspecified atom stereocenters. The minimum Gasteiger partial charge on any atom is -0.391 e. The molecule has 16 heavy (non-hydrogen) atoms. The fourth-order valence-electron chi connectivity index (χ4n) is 1.77. The van der Waals surface area contributed by atoms with Crippen LogP contribution in [0.15, 0.2) is 41.2 Å². The number of nitrogens with zero attached hydrogens (tertiary/aromatic N) is 1. The number of aliphatic hydroxyl groups is 1. The Morgan fingerprint density at radius 1 is 1.25 bits per heavy atom. The van der Waals surface area contributed by atoms with Crippen molar-refractivity contribution in [2.75, 3.05) is 0 Å². The van der Waals surface area contributed by atoms with Crippen LogP contribution in [0, 0.1) is 0 Å². The average Bonchev–Trinajstić information content (AvgIpc) is 2.32. The molecule has 0 radical (unpaired) electrons. The first-order valence-corrected chi connectivity index (χ1v) is 5.49. The molecule has 1 N–H and O–H groups in total. The Morgan fingerprint density at radius 3 is 2.75 bits per heavy atom. The first-order valence-electron chi connectivity index (χ1n) is 5.49. The predicted molar refractivity (Wildman–Crippen MR) is 64.5 cm³/mol. The van der Waals surface area contributed by atoms with Crippen molar-refractivity contribution in [2.45, 2.75) is 26.0 Å². The van der Waals surface area contributed by atoms with Crippen molar-refractivity contribution in [1.82, 2.24) is 4.57 Å². The Balaban J connectivity index is 2.57. The summed E-state index contributed by atoms with van der Waals surface area (Å²) in [5.41, 5.74) is 0.814. The Morgan fingerprint density at radius 2 is 2.00 bits per heavy atom. The van der Waals surface area contributed by atoms with Crippen LogP contribution in [0.2, 0.25) is 0 Å². The summed E-state index contributed by atoms with van der Waals surface area (Å²) < 4.78 is 1.63. The lowest BCUT2D eigenvalue weighted by molar-refractivity contribution is 0.150. The summed E-state index contributed by atoms with van der Waals surface area (Å²) in [6.45, 7) is 2.26. The van der Waals surface area contributed by atoms with Gasteiger partial charge in [-0.15, -0.1) is 0 Å². The first kappa shape index (κ1) is 10.9. The van der Waals surface area contributed by atoms with Gasteiger partial charge in [-0.3, -0.25) is 4.79 Å². The highest BCUT2D eigenvalue weighted by atomic mass is 16.3. The molecule has 1 atom stereocenters. The molecular weight excluding hydrogens is 202 g/mol. The standard InChI is InChI=1S/C13H15NO2/c1-2-11(15)9-14-12-6-4-3-5-10(12)7-8-13(14)16/h3-8,11,15H,2,9H2,1H3. The van der Waals surface area contributed by atoms with Crippen molar-refractivity contribution in [3.8, 4) is 0 Å². The van der Waals surface area contributed by atoms with Crippen LogP contribution in [-0.2, 0) is 6.54 Å². The topological polar surface area (TPSA) is 42.2 Å². The molecule has 3 nitrogen and oxygen atoms in total. The molecule has 0 fully saturated rings. The van der Waals surface area contributed by atoms with Gasteiger partial charge in [-0.05, 0) is 23.9 Å². The normalized spacial score (nSPS) is 12.9. The number of benzene rings is 1. The maximum Gasteiger partial charge on any atom is 0.251 e. The Kier molecular flexibility index (Phi) is 3.06. The molecule has 1 heterocycles. The number of aliphatic hydroxyl groups excluding tert-OH is 1. The fourth-order valence-corrected chi connectivity index (χ4v) is 1.77. The zero-order valence-corrected chi connectivity index (χ0v) is 9.26. The molecule has 0 spiro atoms. The zero-order valence-electron chi connectivity index (χ0n) is 9.26. The number of pyridine rings is 1. The van der Waals surface area contributed by atoms with Gasteiger partial charge in [0.2, 0.25) is 0 Å². The van der Waals surface area contributed by atoms with Gasteiger partial charge in [0.25, 0.3) is 5.56 Å². The van der Waals surface area contributed by atoms with Crippen molar-refractivity contribution in [1.29, 1.82) is 0 Å². The highest BCUT2D eigenvalue weighted by Crippen LogP contribution is 2.11. The molecule has 2 rings (SSSR count). The molecule has 0 aliphatic heterocycles. The lowest BCUT2D eigenvalue weighted by Gasteiger charge is -2.13. The van der Waals surface area contributed by atoms with E-state index in [1.54, 1.807) is 10.6 Å². The summed E-state index contributed by atoms with van der Waals surface area (Å²) in [5.74, 6) is 0. The summed E-state index contributed by atoms with van der Waals surface area (Å²) in [6.07, 6.45) is 0.179. The number of hydrogen-bond acceptors (Lipinski definition) is 2. The van der Waals surface area contributed by atoms with E-state index in [0.717, 1.165) is 10.9 Å². The minimum absolute atomic E-state index is 0.0637. The summed E-state index contributed by atoms with van der Waals surface area (Å²) >= 11 is 0. The van der Waals surface area contributed by atoms with Crippen LogP contribution in [0.5, 0.6) is 0 Å². The Bertz CT molecular complexity index is 545. The van der Waals surface area contributed by atoms with Crippen LogP contribution in [0.25, 0.3) is 10.9 Å². The van der Waals surface area contributed by atoms with Crippen LogP contribution in [0.4, 0.5) is 0 Å². The second kappa shape index (κ2) is 4.49. The third kappa shape index (κ3) is 1.99. The number of fused-ring (bicyclic) bond motifs is 1. The lowest BCUT2D eigenvalue weighted by Crippen LogP contribution is -2.25. The van der Waals surface area contributed by atoms with Gasteiger partial charge in [-0.25, -0.2) is 0 Å². The summed E-state index contributed by atoms with van der Waals surface area (Å²) in [4.78, 5) is 11.7. The smallest absolute Gasteiger partial charge is 0.251 e. The van der Waals surface area contributed by atoms with Gasteiger partial charge in [0.15, 0.2) is 0 Å². The maximum atomic E-state index is 11.7. The van der Waals surface area contributed by atoms with Crippen LogP contribution >= 0.6 is 0 Å². The van der Waals surface area contributed by atoms with E-state index in [1.165, 1.54) is 0 Å². The molecule has 84 valence electrons. The van der Waals surface area contributed by atoms with Gasteiger partial charge >= 0.3 is 0 Å². The molecule has 0 aliphatic rings. The number of rotatable bonds is 3. The second-order valence-electron chi connectivity index (χ2n) is 3.90. The molecule has 1 aromatic heterocycles. The molecule has 0 amide bonds. The molecule has 1 aromatic carbocycles. The summed E-state index contributed by atoms with van der Waals surface area (Å²) in [7, 11) is 0. The molecule has 2 aromatic rings. The molecule has 3 heteroatoms. The average molecular weight is 217 g/mol. The molecule has 0 saturated heterocycles. The van der Waals surface area contributed by atoms with E-state index in [9.17, 15) is 9.90 Å². The highest BCUT2D eigenvalue weighted by molar-refractivity contribution is 5.78. The summed E-state index contributed by atoms with van der Waals surface area (Å²) in [5, 5.41) is 10.7. The van der Waals surface area contributed by atoms with Crippen LogP contribution in [0.3, 0.4) is 0 Å². The van der Waals surface area contributed by atoms with E-state index in [0.29, 0.717) is 13.0 Å². The molecule has 0 bridgehead atoms. The van der Waals surface area contributed by atoms with E-state index in [2.05, 4.69) is 0 Å². The number of para-hydroxylation sites is 1. The van der Waals surface area contributed by atoms with E-state index < -0.39 is 6.10 Å². The largest absolute Gasteiger partial charge is 0.391 e. The molecular formula is C13H15NO2.